The zero-order valence-electron chi connectivity index (χ0n) is 12.1. The Kier molecular flexibility index (Phi) is 4.49. The van der Waals surface area contributed by atoms with Gasteiger partial charge in [0.15, 0.2) is 10.6 Å². The van der Waals surface area contributed by atoms with Crippen molar-refractivity contribution in [2.45, 2.75) is 13.5 Å². The van der Waals surface area contributed by atoms with Crippen LogP contribution in [-0.4, -0.2) is 10.5 Å². The van der Waals surface area contributed by atoms with Crippen LogP contribution in [0.2, 0.25) is 0 Å². The number of aryl methyl sites for hydroxylation is 1. The third kappa shape index (κ3) is 3.30. The van der Waals surface area contributed by atoms with Gasteiger partial charge in [-0.15, -0.1) is 11.3 Å². The normalized spacial score (nSPS) is 12.6. The number of hydrogen-bond acceptors (Lipinski definition) is 3. The molecule has 0 aliphatic carbocycles. The van der Waals surface area contributed by atoms with Crippen molar-refractivity contribution in [1.29, 1.82) is 0 Å². The number of aromatic nitrogens is 1. The molecule has 0 unspecified atom stereocenters. The Morgan fingerprint density at radius 1 is 1.39 bits per heavy atom. The van der Waals surface area contributed by atoms with Crippen LogP contribution in [0.3, 0.4) is 0 Å². The van der Waals surface area contributed by atoms with Crippen LogP contribution in [-0.2, 0) is 11.3 Å². The molecule has 2 heterocycles. The molecule has 0 atom stereocenters. The molecule has 0 saturated carbocycles. The first-order chi connectivity index (χ1) is 11.1. The summed E-state index contributed by atoms with van der Waals surface area (Å²) in [5, 5.41) is 1.91. The van der Waals surface area contributed by atoms with E-state index in [1.54, 1.807) is 10.6 Å². The van der Waals surface area contributed by atoms with Crippen LogP contribution in [0.5, 0.6) is 0 Å². The Balaban J connectivity index is 2.05. The minimum absolute atomic E-state index is 0.271. The standard InChI is InChI=1S/C16H12F2N2OS2/c1-2-20-15-12(18)8-10(17)9-13(15)23-16(20)19-14(21)6-5-11-4-3-7-22-11/h3-9H,2H2,1H3. The molecule has 0 aliphatic heterocycles. The van der Waals surface area contributed by atoms with Gasteiger partial charge in [-0.2, -0.15) is 4.99 Å². The van der Waals surface area contributed by atoms with Gasteiger partial charge in [0, 0.05) is 23.6 Å². The Morgan fingerprint density at radius 2 is 2.22 bits per heavy atom. The Labute approximate surface area is 138 Å². The lowest BCUT2D eigenvalue weighted by Crippen LogP contribution is -2.15. The quantitative estimate of drug-likeness (QED) is 0.652. The number of thiazole rings is 1. The molecular formula is C16H12F2N2OS2. The molecule has 2 aromatic heterocycles. The molecule has 7 heteroatoms. The SMILES string of the molecule is CCn1c(=NC(=O)C=Cc2cccs2)sc2cc(F)cc(F)c21. The lowest BCUT2D eigenvalue weighted by molar-refractivity contribution is -0.113. The summed E-state index contributed by atoms with van der Waals surface area (Å²) in [6.45, 7) is 2.25. The summed E-state index contributed by atoms with van der Waals surface area (Å²) in [7, 11) is 0. The summed E-state index contributed by atoms with van der Waals surface area (Å²) < 4.78 is 29.3. The van der Waals surface area contributed by atoms with Crippen molar-refractivity contribution in [3.05, 3.63) is 57.0 Å². The van der Waals surface area contributed by atoms with E-state index in [-0.39, 0.29) is 5.52 Å². The van der Waals surface area contributed by atoms with E-state index in [4.69, 9.17) is 0 Å². The summed E-state index contributed by atoms with van der Waals surface area (Å²) in [6, 6.07) is 5.86. The smallest absolute Gasteiger partial charge is 0.272 e. The Bertz CT molecular complexity index is 953. The van der Waals surface area contributed by atoms with E-state index in [0.29, 0.717) is 16.0 Å². The molecule has 0 bridgehead atoms. The largest absolute Gasteiger partial charge is 0.314 e. The van der Waals surface area contributed by atoms with Gasteiger partial charge in [0.05, 0.1) is 10.2 Å². The van der Waals surface area contributed by atoms with Gasteiger partial charge >= 0.3 is 0 Å². The van der Waals surface area contributed by atoms with Crippen LogP contribution in [0.15, 0.2) is 40.7 Å². The average Bonchev–Trinajstić information content (AvgIpc) is 3.12. The zero-order chi connectivity index (χ0) is 16.4. The van der Waals surface area contributed by atoms with Gasteiger partial charge in [0.1, 0.15) is 5.82 Å². The fraction of sp³-hybridized carbons (Fsp3) is 0.125. The van der Waals surface area contributed by atoms with Gasteiger partial charge in [-0.25, -0.2) is 8.78 Å². The molecule has 0 N–H and O–H groups in total. The summed E-state index contributed by atoms with van der Waals surface area (Å²) in [6.07, 6.45) is 3.05. The summed E-state index contributed by atoms with van der Waals surface area (Å²) in [5.74, 6) is -1.73. The number of halogens is 2. The first-order valence-corrected chi connectivity index (χ1v) is 8.56. The summed E-state index contributed by atoms with van der Waals surface area (Å²) in [4.78, 5) is 17.3. The molecule has 3 aromatic rings. The third-order valence-corrected chi connectivity index (χ3v) is 5.01. The second-order valence-corrected chi connectivity index (χ2v) is 6.65. The maximum atomic E-state index is 14.0. The van der Waals surface area contributed by atoms with Gasteiger partial charge in [-0.1, -0.05) is 17.4 Å². The minimum atomic E-state index is -0.652. The number of rotatable bonds is 3. The second kappa shape index (κ2) is 6.55. The fourth-order valence-electron chi connectivity index (χ4n) is 2.18. The van der Waals surface area contributed by atoms with Crippen LogP contribution in [0, 0.1) is 11.6 Å². The van der Waals surface area contributed by atoms with E-state index in [1.165, 1.54) is 23.5 Å². The monoisotopic (exact) mass is 350 g/mol. The Morgan fingerprint density at radius 3 is 2.91 bits per heavy atom. The molecule has 0 radical (unpaired) electrons. The van der Waals surface area contributed by atoms with Crippen LogP contribution in [0.1, 0.15) is 11.8 Å². The van der Waals surface area contributed by atoms with E-state index < -0.39 is 17.5 Å². The second-order valence-electron chi connectivity index (χ2n) is 4.66. The number of thiophene rings is 1. The highest BCUT2D eigenvalue weighted by Crippen LogP contribution is 2.22. The van der Waals surface area contributed by atoms with Crippen LogP contribution < -0.4 is 4.80 Å². The lowest BCUT2D eigenvalue weighted by atomic mass is 10.3. The van der Waals surface area contributed by atoms with Gasteiger partial charge < -0.3 is 4.57 Å². The number of benzene rings is 1. The number of hydrogen-bond donors (Lipinski definition) is 0. The molecular weight excluding hydrogens is 338 g/mol. The maximum Gasteiger partial charge on any atom is 0.272 e. The van der Waals surface area contributed by atoms with Crippen molar-refractivity contribution < 1.29 is 13.6 Å². The van der Waals surface area contributed by atoms with Crippen molar-refractivity contribution in [1.82, 2.24) is 4.57 Å². The summed E-state index contributed by atoms with van der Waals surface area (Å²) in [5.41, 5.74) is 0.271. The number of carbonyl (C=O) groups is 1. The van der Waals surface area contributed by atoms with E-state index >= 15 is 0 Å². The van der Waals surface area contributed by atoms with Crippen molar-refractivity contribution >= 4 is 44.9 Å². The Hall–Kier alpha value is -2.12. The fourth-order valence-corrected chi connectivity index (χ4v) is 3.94. The first-order valence-electron chi connectivity index (χ1n) is 6.87. The van der Waals surface area contributed by atoms with E-state index in [2.05, 4.69) is 4.99 Å². The maximum absolute atomic E-state index is 14.0. The predicted octanol–water partition coefficient (Wildman–Crippen LogP) is 4.20. The highest BCUT2D eigenvalue weighted by Gasteiger charge is 2.12. The molecule has 1 amide bonds. The van der Waals surface area contributed by atoms with Gasteiger partial charge in [0.2, 0.25) is 0 Å². The van der Waals surface area contributed by atoms with Gasteiger partial charge in [-0.3, -0.25) is 4.79 Å². The highest BCUT2D eigenvalue weighted by molar-refractivity contribution is 7.16. The average molecular weight is 350 g/mol. The molecule has 3 nitrogen and oxygen atoms in total. The van der Waals surface area contributed by atoms with Gasteiger partial charge in [-0.05, 0) is 30.5 Å². The third-order valence-electron chi connectivity index (χ3n) is 3.15. The topological polar surface area (TPSA) is 34.4 Å². The molecule has 0 fully saturated rings. The number of nitrogens with zero attached hydrogens (tertiary/aromatic N) is 2. The number of amides is 1. The zero-order valence-corrected chi connectivity index (χ0v) is 13.8. The highest BCUT2D eigenvalue weighted by atomic mass is 32.1. The van der Waals surface area contributed by atoms with E-state index in [9.17, 15) is 13.6 Å². The summed E-state index contributed by atoms with van der Waals surface area (Å²) >= 11 is 2.60. The van der Waals surface area contributed by atoms with Crippen molar-refractivity contribution in [2.24, 2.45) is 4.99 Å². The number of carbonyl (C=O) groups excluding carboxylic acids is 1. The van der Waals surface area contributed by atoms with Crippen LogP contribution in [0.4, 0.5) is 8.78 Å². The van der Waals surface area contributed by atoms with E-state index in [1.807, 2.05) is 24.4 Å². The molecule has 0 spiro atoms. The van der Waals surface area contributed by atoms with Crippen LogP contribution >= 0.6 is 22.7 Å². The predicted molar refractivity (Wildman–Crippen MR) is 89.3 cm³/mol. The number of fused-ring (bicyclic) bond motifs is 1. The van der Waals surface area contributed by atoms with Gasteiger partial charge in [0.25, 0.3) is 5.91 Å². The van der Waals surface area contributed by atoms with Crippen molar-refractivity contribution in [3.63, 3.8) is 0 Å². The molecule has 118 valence electrons. The molecule has 3 rings (SSSR count). The van der Waals surface area contributed by atoms with E-state index in [0.717, 1.165) is 22.3 Å². The first kappa shape index (κ1) is 15.8. The van der Waals surface area contributed by atoms with Crippen molar-refractivity contribution in [2.75, 3.05) is 0 Å². The van der Waals surface area contributed by atoms with Crippen molar-refractivity contribution in [3.8, 4) is 0 Å². The minimum Gasteiger partial charge on any atom is -0.314 e. The lowest BCUT2D eigenvalue weighted by Gasteiger charge is -2.01. The molecule has 1 aromatic carbocycles. The molecule has 0 aliphatic rings. The van der Waals surface area contributed by atoms with Crippen LogP contribution in [0.25, 0.3) is 16.3 Å². The molecule has 23 heavy (non-hydrogen) atoms. The molecule has 0 saturated heterocycles.